The molecule has 1 amide bonds. The molecule has 0 saturated carbocycles. The van der Waals surface area contributed by atoms with Crippen LogP contribution in [0.15, 0.2) is 18.2 Å². The fourth-order valence-corrected chi connectivity index (χ4v) is 2.21. The van der Waals surface area contributed by atoms with Gasteiger partial charge in [-0.2, -0.15) is 0 Å². The maximum absolute atomic E-state index is 11.9. The summed E-state index contributed by atoms with van der Waals surface area (Å²) in [5.41, 5.74) is 3.45. The SMILES string of the molecule is Cc1cc(C)cc(C2NCC(C)NC2=O)c1. The van der Waals surface area contributed by atoms with Crippen molar-refractivity contribution >= 4 is 5.91 Å². The smallest absolute Gasteiger partial charge is 0.241 e. The zero-order valence-electron chi connectivity index (χ0n) is 10.0. The van der Waals surface area contributed by atoms with E-state index in [2.05, 4.69) is 42.7 Å². The van der Waals surface area contributed by atoms with E-state index in [-0.39, 0.29) is 18.0 Å². The molecule has 0 radical (unpaired) electrons. The summed E-state index contributed by atoms with van der Waals surface area (Å²) in [5, 5.41) is 6.24. The molecule has 0 aromatic heterocycles. The number of nitrogens with one attached hydrogen (secondary N) is 2. The van der Waals surface area contributed by atoms with Gasteiger partial charge in [-0.15, -0.1) is 0 Å². The third-order valence-electron chi connectivity index (χ3n) is 2.86. The highest BCUT2D eigenvalue weighted by atomic mass is 16.2. The predicted molar refractivity (Wildman–Crippen MR) is 64.3 cm³/mol. The Morgan fingerprint density at radius 3 is 2.38 bits per heavy atom. The van der Waals surface area contributed by atoms with Gasteiger partial charge < -0.3 is 10.6 Å². The van der Waals surface area contributed by atoms with Gasteiger partial charge in [-0.1, -0.05) is 29.3 Å². The average molecular weight is 218 g/mol. The van der Waals surface area contributed by atoms with E-state index in [9.17, 15) is 4.79 Å². The summed E-state index contributed by atoms with van der Waals surface area (Å²) in [5.74, 6) is 0.0729. The van der Waals surface area contributed by atoms with Crippen molar-refractivity contribution in [3.8, 4) is 0 Å². The van der Waals surface area contributed by atoms with Crippen LogP contribution in [-0.4, -0.2) is 18.5 Å². The number of hydrogen-bond acceptors (Lipinski definition) is 2. The average Bonchev–Trinajstić information content (AvgIpc) is 2.15. The van der Waals surface area contributed by atoms with Crippen LogP contribution in [-0.2, 0) is 4.79 Å². The number of piperazine rings is 1. The summed E-state index contributed by atoms with van der Waals surface area (Å²) in [7, 11) is 0. The number of rotatable bonds is 1. The Morgan fingerprint density at radius 1 is 1.19 bits per heavy atom. The van der Waals surface area contributed by atoms with Crippen molar-refractivity contribution in [1.82, 2.24) is 10.6 Å². The molecule has 16 heavy (non-hydrogen) atoms. The Labute approximate surface area is 96.2 Å². The van der Waals surface area contributed by atoms with Crippen LogP contribution in [0.5, 0.6) is 0 Å². The Kier molecular flexibility index (Phi) is 2.97. The van der Waals surface area contributed by atoms with Crippen molar-refractivity contribution in [1.29, 1.82) is 0 Å². The maximum atomic E-state index is 11.9. The van der Waals surface area contributed by atoms with Gasteiger partial charge in [0.1, 0.15) is 6.04 Å². The van der Waals surface area contributed by atoms with Gasteiger partial charge in [-0.05, 0) is 26.3 Å². The van der Waals surface area contributed by atoms with Crippen LogP contribution in [0.25, 0.3) is 0 Å². The van der Waals surface area contributed by atoms with Crippen LogP contribution in [0.1, 0.15) is 29.7 Å². The molecule has 0 aliphatic carbocycles. The molecule has 2 unspecified atom stereocenters. The van der Waals surface area contributed by atoms with E-state index in [4.69, 9.17) is 0 Å². The molecule has 1 saturated heterocycles. The molecule has 2 rings (SSSR count). The molecule has 3 nitrogen and oxygen atoms in total. The van der Waals surface area contributed by atoms with Crippen molar-refractivity contribution in [3.05, 3.63) is 34.9 Å². The third kappa shape index (κ3) is 2.25. The predicted octanol–water partition coefficient (Wildman–Crippen LogP) is 1.45. The second-order valence-electron chi connectivity index (χ2n) is 4.67. The van der Waals surface area contributed by atoms with Crippen LogP contribution in [0, 0.1) is 13.8 Å². The van der Waals surface area contributed by atoms with E-state index in [0.717, 1.165) is 12.1 Å². The number of amides is 1. The first-order valence-electron chi connectivity index (χ1n) is 5.68. The molecule has 0 spiro atoms. The topological polar surface area (TPSA) is 41.1 Å². The number of carbonyl (C=O) groups is 1. The van der Waals surface area contributed by atoms with E-state index in [1.54, 1.807) is 0 Å². The summed E-state index contributed by atoms with van der Waals surface area (Å²) in [6.45, 7) is 6.94. The minimum Gasteiger partial charge on any atom is -0.351 e. The molecule has 1 aliphatic rings. The minimum atomic E-state index is -0.199. The molecular weight excluding hydrogens is 200 g/mol. The largest absolute Gasteiger partial charge is 0.351 e. The molecule has 1 aliphatic heterocycles. The molecule has 2 atom stereocenters. The van der Waals surface area contributed by atoms with Gasteiger partial charge in [0.15, 0.2) is 0 Å². The first-order valence-corrected chi connectivity index (χ1v) is 5.68. The summed E-state index contributed by atoms with van der Waals surface area (Å²) in [6, 6.07) is 6.28. The maximum Gasteiger partial charge on any atom is 0.241 e. The van der Waals surface area contributed by atoms with Crippen molar-refractivity contribution < 1.29 is 4.79 Å². The van der Waals surface area contributed by atoms with Crippen LogP contribution in [0.2, 0.25) is 0 Å². The van der Waals surface area contributed by atoms with Crippen molar-refractivity contribution in [2.24, 2.45) is 0 Å². The number of hydrogen-bond donors (Lipinski definition) is 2. The first kappa shape index (κ1) is 11.1. The lowest BCUT2D eigenvalue weighted by atomic mass is 9.99. The summed E-state index contributed by atoms with van der Waals surface area (Å²) < 4.78 is 0. The van der Waals surface area contributed by atoms with Gasteiger partial charge in [-0.25, -0.2) is 0 Å². The van der Waals surface area contributed by atoms with Gasteiger partial charge in [0.2, 0.25) is 5.91 Å². The van der Waals surface area contributed by atoms with Gasteiger partial charge in [0.25, 0.3) is 0 Å². The van der Waals surface area contributed by atoms with Crippen LogP contribution < -0.4 is 10.6 Å². The monoisotopic (exact) mass is 218 g/mol. The molecular formula is C13H18N2O. The van der Waals surface area contributed by atoms with Gasteiger partial charge >= 0.3 is 0 Å². The van der Waals surface area contributed by atoms with Gasteiger partial charge in [0.05, 0.1) is 0 Å². The number of aryl methyl sites for hydroxylation is 2. The van der Waals surface area contributed by atoms with Gasteiger partial charge in [0, 0.05) is 12.6 Å². The Morgan fingerprint density at radius 2 is 1.81 bits per heavy atom. The summed E-state index contributed by atoms with van der Waals surface area (Å²) >= 11 is 0. The molecule has 2 N–H and O–H groups in total. The molecule has 1 fully saturated rings. The first-order chi connectivity index (χ1) is 7.56. The standard InChI is InChI=1S/C13H18N2O/c1-8-4-9(2)6-11(5-8)12-13(16)15-10(3)7-14-12/h4-6,10,12,14H,7H2,1-3H3,(H,15,16). The quantitative estimate of drug-likeness (QED) is 0.749. The van der Waals surface area contributed by atoms with Gasteiger partial charge in [-0.3, -0.25) is 4.79 Å². The second kappa shape index (κ2) is 4.26. The third-order valence-corrected chi connectivity index (χ3v) is 2.86. The minimum absolute atomic E-state index is 0.0729. The lowest BCUT2D eigenvalue weighted by molar-refractivity contribution is -0.125. The highest BCUT2D eigenvalue weighted by Crippen LogP contribution is 2.19. The summed E-state index contributed by atoms with van der Waals surface area (Å²) in [4.78, 5) is 11.9. The zero-order chi connectivity index (χ0) is 11.7. The molecule has 0 bridgehead atoms. The summed E-state index contributed by atoms with van der Waals surface area (Å²) in [6.07, 6.45) is 0. The van der Waals surface area contributed by atoms with Crippen LogP contribution in [0.3, 0.4) is 0 Å². The van der Waals surface area contributed by atoms with Crippen molar-refractivity contribution in [3.63, 3.8) is 0 Å². The normalized spacial score (nSPS) is 25.3. The van der Waals surface area contributed by atoms with E-state index >= 15 is 0 Å². The highest BCUT2D eigenvalue weighted by molar-refractivity contribution is 5.84. The van der Waals surface area contributed by atoms with Crippen molar-refractivity contribution in [2.45, 2.75) is 32.9 Å². The van der Waals surface area contributed by atoms with Crippen molar-refractivity contribution in [2.75, 3.05) is 6.54 Å². The zero-order valence-corrected chi connectivity index (χ0v) is 10.0. The van der Waals surface area contributed by atoms with E-state index in [1.165, 1.54) is 11.1 Å². The lowest BCUT2D eigenvalue weighted by Gasteiger charge is -2.28. The molecule has 3 heteroatoms. The van der Waals surface area contributed by atoms with Crippen LogP contribution >= 0.6 is 0 Å². The van der Waals surface area contributed by atoms with E-state index in [1.807, 2.05) is 6.92 Å². The Hall–Kier alpha value is -1.35. The van der Waals surface area contributed by atoms with E-state index < -0.39 is 0 Å². The number of carbonyl (C=O) groups excluding carboxylic acids is 1. The van der Waals surface area contributed by atoms with E-state index in [0.29, 0.717) is 0 Å². The number of benzene rings is 1. The fraction of sp³-hybridized carbons (Fsp3) is 0.462. The highest BCUT2D eigenvalue weighted by Gasteiger charge is 2.26. The fourth-order valence-electron chi connectivity index (χ4n) is 2.21. The molecule has 1 aromatic rings. The Balaban J connectivity index is 2.26. The molecule has 1 aromatic carbocycles. The molecule has 86 valence electrons. The molecule has 1 heterocycles. The second-order valence-corrected chi connectivity index (χ2v) is 4.67. The lowest BCUT2D eigenvalue weighted by Crippen LogP contribution is -2.52. The Bertz CT molecular complexity index is 394. The van der Waals surface area contributed by atoms with Crippen LogP contribution in [0.4, 0.5) is 0 Å².